The van der Waals surface area contributed by atoms with Crippen molar-refractivity contribution in [1.29, 1.82) is 0 Å². The van der Waals surface area contributed by atoms with Crippen LogP contribution in [0.1, 0.15) is 48.1 Å². The number of fused-ring (bicyclic) bond motifs is 8. The Balaban J connectivity index is 1.71. The van der Waals surface area contributed by atoms with Crippen LogP contribution >= 0.6 is 0 Å². The van der Waals surface area contributed by atoms with Crippen LogP contribution < -0.4 is 20.9 Å². The molecule has 7 rings (SSSR count). The predicted octanol–water partition coefficient (Wildman–Crippen LogP) is 8.64. The van der Waals surface area contributed by atoms with E-state index in [1.807, 2.05) is 12.2 Å². The van der Waals surface area contributed by atoms with E-state index in [1.165, 1.54) is 72.0 Å². The monoisotopic (exact) mass is 578 g/mol. The molecule has 2 aliphatic carbocycles. The van der Waals surface area contributed by atoms with Crippen molar-refractivity contribution in [3.05, 3.63) is 171 Å². The molecule has 0 heteroatoms. The van der Waals surface area contributed by atoms with Gasteiger partial charge in [0.2, 0.25) is 0 Å². The van der Waals surface area contributed by atoms with Crippen LogP contribution in [0.15, 0.2) is 122 Å². The van der Waals surface area contributed by atoms with Crippen LogP contribution in [0, 0.1) is 6.92 Å². The highest BCUT2D eigenvalue weighted by molar-refractivity contribution is 5.99. The maximum atomic E-state index is 4.62. The van der Waals surface area contributed by atoms with Crippen molar-refractivity contribution < 1.29 is 0 Å². The Hall–Kier alpha value is -5.20. The fourth-order valence-corrected chi connectivity index (χ4v) is 8.26. The summed E-state index contributed by atoms with van der Waals surface area (Å²) >= 11 is 0. The van der Waals surface area contributed by atoms with Crippen molar-refractivity contribution in [2.24, 2.45) is 0 Å². The van der Waals surface area contributed by atoms with Gasteiger partial charge in [0.15, 0.2) is 0 Å². The summed E-state index contributed by atoms with van der Waals surface area (Å²) in [5.74, 6) is 0. The lowest BCUT2D eigenvalue weighted by molar-refractivity contribution is 0.727. The molecule has 5 aromatic rings. The average molecular weight is 579 g/mol. The van der Waals surface area contributed by atoms with Crippen molar-refractivity contribution in [2.75, 3.05) is 0 Å². The normalized spacial score (nSPS) is 17.4. The van der Waals surface area contributed by atoms with Gasteiger partial charge < -0.3 is 0 Å². The number of allylic oxidation sites excluding steroid dienone is 6. The average Bonchev–Trinajstić information content (AvgIpc) is 3.51. The minimum atomic E-state index is -0.496. The summed E-state index contributed by atoms with van der Waals surface area (Å²) in [6.07, 6.45) is 13.4. The summed E-state index contributed by atoms with van der Waals surface area (Å²) in [5, 5.41) is 6.63. The molecule has 2 aliphatic rings. The zero-order valence-electron chi connectivity index (χ0n) is 26.5. The number of aryl methyl sites for hydroxylation is 1. The fraction of sp³-hybridized carbons (Fsp3) is 0.111. The highest BCUT2D eigenvalue weighted by Gasteiger charge is 2.52. The summed E-state index contributed by atoms with van der Waals surface area (Å²) in [6, 6.07) is 29.3. The van der Waals surface area contributed by atoms with E-state index in [1.54, 1.807) is 0 Å². The smallest absolute Gasteiger partial charge is 0.0694 e. The molecule has 0 N–H and O–H groups in total. The second kappa shape index (κ2) is 10.8. The lowest BCUT2D eigenvalue weighted by atomic mass is 9.67. The standard InChI is InChI=1S/C45H38/c1-8-16-35-28(5)29(6)36(17-9-2)44-43(35)39-21-14-15-22-41(39)45(44)40(11-4)37(18-10-3)38-26-24-32(27-42(38)45)34-25-23-31-19-12-13-20-33(31)30(34)7/h8-10,12-27H,1-2,5-6,11H2,3-4,7H3/b18-10-,35-16+,36-17+. The van der Waals surface area contributed by atoms with Gasteiger partial charge >= 0.3 is 0 Å². The molecule has 0 aromatic heterocycles. The van der Waals surface area contributed by atoms with E-state index in [0.717, 1.165) is 27.3 Å². The molecular formula is C45H38. The number of hydrogen-bond donors (Lipinski definition) is 0. The van der Waals surface area contributed by atoms with Crippen LogP contribution in [0.5, 0.6) is 0 Å². The van der Waals surface area contributed by atoms with Gasteiger partial charge in [-0.15, -0.1) is 0 Å². The molecule has 0 amide bonds. The minimum absolute atomic E-state index is 0.496. The Morgan fingerprint density at radius 3 is 2.18 bits per heavy atom. The molecule has 0 heterocycles. The van der Waals surface area contributed by atoms with E-state index in [9.17, 15) is 0 Å². The lowest BCUT2D eigenvalue weighted by Crippen LogP contribution is -2.51. The number of rotatable bonds is 5. The van der Waals surface area contributed by atoms with E-state index in [-0.39, 0.29) is 0 Å². The van der Waals surface area contributed by atoms with Gasteiger partial charge in [0.05, 0.1) is 5.41 Å². The van der Waals surface area contributed by atoms with Crippen LogP contribution in [0.2, 0.25) is 0 Å². The van der Waals surface area contributed by atoms with Crippen LogP contribution in [-0.2, 0) is 5.41 Å². The molecule has 0 bridgehead atoms. The molecule has 1 atom stereocenters. The highest BCUT2D eigenvalue weighted by Crippen LogP contribution is 2.61. The van der Waals surface area contributed by atoms with Gasteiger partial charge in [0.1, 0.15) is 0 Å². The molecule has 0 nitrogen and oxygen atoms in total. The molecule has 5 aromatic carbocycles. The molecular weight excluding hydrogens is 540 g/mol. The summed E-state index contributed by atoms with van der Waals surface area (Å²) in [6.45, 7) is 24.1. The molecule has 218 valence electrons. The molecule has 1 spiro atoms. The van der Waals surface area contributed by atoms with Crippen molar-refractivity contribution in [3.8, 4) is 22.3 Å². The zero-order chi connectivity index (χ0) is 31.5. The van der Waals surface area contributed by atoms with Gasteiger partial charge in [-0.25, -0.2) is 0 Å². The second-order valence-electron chi connectivity index (χ2n) is 12.1. The second-order valence-corrected chi connectivity index (χ2v) is 12.1. The third-order valence-electron chi connectivity index (χ3n) is 10.0. The van der Waals surface area contributed by atoms with Crippen LogP contribution in [0.3, 0.4) is 0 Å². The zero-order valence-corrected chi connectivity index (χ0v) is 26.5. The van der Waals surface area contributed by atoms with Gasteiger partial charge in [-0.3, -0.25) is 0 Å². The van der Waals surface area contributed by atoms with Gasteiger partial charge in [-0.1, -0.05) is 142 Å². The Morgan fingerprint density at radius 2 is 1.42 bits per heavy atom. The molecule has 0 fully saturated rings. The number of benzene rings is 5. The van der Waals surface area contributed by atoms with E-state index in [0.29, 0.717) is 0 Å². The van der Waals surface area contributed by atoms with Gasteiger partial charge in [0, 0.05) is 0 Å². The van der Waals surface area contributed by atoms with E-state index in [2.05, 4.69) is 150 Å². The predicted molar refractivity (Wildman–Crippen MR) is 197 cm³/mol. The van der Waals surface area contributed by atoms with Crippen molar-refractivity contribution in [2.45, 2.75) is 32.6 Å². The van der Waals surface area contributed by atoms with Gasteiger partial charge in [-0.2, -0.15) is 0 Å². The first kappa shape index (κ1) is 28.6. The lowest BCUT2D eigenvalue weighted by Gasteiger charge is -2.33. The molecule has 45 heavy (non-hydrogen) atoms. The van der Waals surface area contributed by atoms with E-state index < -0.39 is 5.41 Å². The quantitative estimate of drug-likeness (QED) is 0.196. The maximum Gasteiger partial charge on any atom is 0.0694 e. The Bertz CT molecular complexity index is 2390. The maximum absolute atomic E-state index is 4.62. The Kier molecular flexibility index (Phi) is 6.83. The van der Waals surface area contributed by atoms with Crippen molar-refractivity contribution >= 4 is 41.7 Å². The molecule has 0 saturated heterocycles. The molecule has 0 aliphatic heterocycles. The van der Waals surface area contributed by atoms with Crippen LogP contribution in [0.4, 0.5) is 0 Å². The molecule has 0 radical (unpaired) electrons. The third-order valence-corrected chi connectivity index (χ3v) is 10.0. The Morgan fingerprint density at radius 1 is 0.733 bits per heavy atom. The van der Waals surface area contributed by atoms with Crippen molar-refractivity contribution in [1.82, 2.24) is 0 Å². The molecule has 0 saturated carbocycles. The highest BCUT2D eigenvalue weighted by atomic mass is 14.5. The largest absolute Gasteiger partial charge is 0.0990 e. The van der Waals surface area contributed by atoms with E-state index >= 15 is 0 Å². The SMILES string of the molecule is C=C/C=c1/c2c(/c(=C/C=C)c(=C)c1=C)C1(C(CC)=C(/C=C\C)c3ccc(-c4ccc5ccccc5c4C)cc31)c1ccccc1-2. The molecule has 1 unspecified atom stereocenters. The van der Waals surface area contributed by atoms with Crippen LogP contribution in [-0.4, -0.2) is 0 Å². The van der Waals surface area contributed by atoms with Crippen LogP contribution in [0.25, 0.3) is 63.9 Å². The first-order valence-corrected chi connectivity index (χ1v) is 15.8. The number of hydrogen-bond acceptors (Lipinski definition) is 0. The topological polar surface area (TPSA) is 0 Å². The van der Waals surface area contributed by atoms with Crippen molar-refractivity contribution in [3.63, 3.8) is 0 Å². The van der Waals surface area contributed by atoms with Gasteiger partial charge in [0.25, 0.3) is 0 Å². The summed E-state index contributed by atoms with van der Waals surface area (Å²) in [7, 11) is 0. The van der Waals surface area contributed by atoms with E-state index in [4.69, 9.17) is 0 Å². The summed E-state index contributed by atoms with van der Waals surface area (Å²) in [4.78, 5) is 0. The Labute approximate surface area is 266 Å². The van der Waals surface area contributed by atoms with Gasteiger partial charge in [-0.05, 0) is 119 Å². The minimum Gasteiger partial charge on any atom is -0.0990 e. The first-order valence-electron chi connectivity index (χ1n) is 15.8. The summed E-state index contributed by atoms with van der Waals surface area (Å²) in [5.41, 5.74) is 13.7. The first-order chi connectivity index (χ1) is 21.9. The third kappa shape index (κ3) is 3.79. The summed E-state index contributed by atoms with van der Waals surface area (Å²) < 4.78 is 0. The fourth-order valence-electron chi connectivity index (χ4n) is 8.26.